The summed E-state index contributed by atoms with van der Waals surface area (Å²) in [5.74, 6) is -0.890. The lowest BCUT2D eigenvalue weighted by atomic mass is 10.0. The normalized spacial score (nSPS) is 10.1. The number of ether oxygens (including phenoxy) is 1. The summed E-state index contributed by atoms with van der Waals surface area (Å²) in [4.78, 5) is 22.3. The van der Waals surface area contributed by atoms with Crippen molar-refractivity contribution in [1.82, 2.24) is 10.6 Å². The highest BCUT2D eigenvalue weighted by Gasteiger charge is 2.07. The third-order valence-corrected chi connectivity index (χ3v) is 2.64. The van der Waals surface area contributed by atoms with Crippen LogP contribution in [0.25, 0.3) is 0 Å². The van der Waals surface area contributed by atoms with Crippen LogP contribution in [-0.2, 0) is 22.5 Å². The van der Waals surface area contributed by atoms with Crippen molar-refractivity contribution in [3.8, 4) is 0 Å². The number of carboxylic acid groups (broad SMARTS) is 1. The highest BCUT2D eigenvalue weighted by Crippen LogP contribution is 2.09. The van der Waals surface area contributed by atoms with E-state index in [1.165, 1.54) is 0 Å². The van der Waals surface area contributed by atoms with Crippen LogP contribution in [0.1, 0.15) is 18.1 Å². The second-order valence-electron chi connectivity index (χ2n) is 4.15. The summed E-state index contributed by atoms with van der Waals surface area (Å²) in [6.45, 7) is 3.71. The molecule has 0 bridgehead atoms. The average Bonchev–Trinajstić information content (AvgIpc) is 2.42. The summed E-state index contributed by atoms with van der Waals surface area (Å²) in [6.07, 6.45) is -0.0518. The summed E-state index contributed by atoms with van der Waals surface area (Å²) in [5, 5.41) is 14.2. The van der Waals surface area contributed by atoms with Crippen molar-refractivity contribution in [3.05, 3.63) is 35.4 Å². The van der Waals surface area contributed by atoms with Crippen LogP contribution in [0.15, 0.2) is 24.3 Å². The average molecular weight is 280 g/mol. The molecule has 0 heterocycles. The van der Waals surface area contributed by atoms with Gasteiger partial charge < -0.3 is 20.5 Å². The van der Waals surface area contributed by atoms with Gasteiger partial charge in [-0.1, -0.05) is 24.3 Å². The molecule has 20 heavy (non-hydrogen) atoms. The van der Waals surface area contributed by atoms with Crippen LogP contribution >= 0.6 is 0 Å². The van der Waals surface area contributed by atoms with Gasteiger partial charge in [-0.2, -0.15) is 0 Å². The molecule has 0 spiro atoms. The number of urea groups is 1. The standard InChI is InChI=1S/C14H20N2O4/c1-2-20-8-7-15-14(19)16-10-12-6-4-3-5-11(12)9-13(17)18/h3-6H,2,7-10H2,1H3,(H,17,18)(H2,15,16,19). The Morgan fingerprint density at radius 1 is 1.20 bits per heavy atom. The van der Waals surface area contributed by atoms with Crippen molar-refractivity contribution < 1.29 is 19.4 Å². The predicted molar refractivity (Wildman–Crippen MR) is 74.5 cm³/mol. The molecule has 0 radical (unpaired) electrons. The maximum absolute atomic E-state index is 11.5. The summed E-state index contributed by atoms with van der Waals surface area (Å²) >= 11 is 0. The number of nitrogens with one attached hydrogen (secondary N) is 2. The lowest BCUT2D eigenvalue weighted by molar-refractivity contribution is -0.136. The molecule has 110 valence electrons. The summed E-state index contributed by atoms with van der Waals surface area (Å²) in [7, 11) is 0. The van der Waals surface area contributed by atoms with Gasteiger partial charge in [0.1, 0.15) is 0 Å². The van der Waals surface area contributed by atoms with Crippen molar-refractivity contribution in [2.45, 2.75) is 19.9 Å². The van der Waals surface area contributed by atoms with E-state index in [9.17, 15) is 9.59 Å². The van der Waals surface area contributed by atoms with Gasteiger partial charge in [0.15, 0.2) is 0 Å². The second kappa shape index (κ2) is 8.92. The van der Waals surface area contributed by atoms with E-state index < -0.39 is 5.97 Å². The van der Waals surface area contributed by atoms with Gasteiger partial charge in [-0.05, 0) is 18.1 Å². The molecule has 0 atom stereocenters. The molecule has 1 aromatic rings. The first kappa shape index (κ1) is 16.0. The maximum Gasteiger partial charge on any atom is 0.315 e. The Morgan fingerprint density at radius 2 is 1.90 bits per heavy atom. The summed E-state index contributed by atoms with van der Waals surface area (Å²) in [6, 6.07) is 6.85. The second-order valence-corrected chi connectivity index (χ2v) is 4.15. The number of amides is 2. The number of benzene rings is 1. The van der Waals surface area contributed by atoms with Crippen LogP contribution in [0.3, 0.4) is 0 Å². The molecule has 1 rings (SSSR count). The van der Waals surface area contributed by atoms with Crippen LogP contribution < -0.4 is 10.6 Å². The van der Waals surface area contributed by atoms with Gasteiger partial charge >= 0.3 is 12.0 Å². The molecule has 0 saturated carbocycles. The Balaban J connectivity index is 2.41. The minimum atomic E-state index is -0.890. The number of hydrogen-bond acceptors (Lipinski definition) is 3. The Kier molecular flexibility index (Phi) is 7.13. The molecule has 0 aromatic heterocycles. The van der Waals surface area contributed by atoms with Crippen LogP contribution in [0.5, 0.6) is 0 Å². The molecule has 6 nitrogen and oxygen atoms in total. The molecule has 3 N–H and O–H groups in total. The number of carboxylic acids is 1. The smallest absolute Gasteiger partial charge is 0.315 e. The minimum absolute atomic E-state index is 0.0518. The zero-order valence-electron chi connectivity index (χ0n) is 11.5. The van der Waals surface area contributed by atoms with E-state index in [4.69, 9.17) is 9.84 Å². The molecular weight excluding hydrogens is 260 g/mol. The van der Waals surface area contributed by atoms with Gasteiger partial charge in [-0.25, -0.2) is 4.79 Å². The Morgan fingerprint density at radius 3 is 2.55 bits per heavy atom. The van der Waals surface area contributed by atoms with Gasteiger partial charge in [0.05, 0.1) is 13.0 Å². The first-order chi connectivity index (χ1) is 9.63. The van der Waals surface area contributed by atoms with Crippen molar-refractivity contribution in [1.29, 1.82) is 0 Å². The Labute approximate surface area is 118 Å². The SMILES string of the molecule is CCOCCNC(=O)NCc1ccccc1CC(=O)O. The van der Waals surface area contributed by atoms with Crippen molar-refractivity contribution in [3.63, 3.8) is 0 Å². The van der Waals surface area contributed by atoms with Gasteiger partial charge in [0, 0.05) is 19.7 Å². The molecule has 0 unspecified atom stereocenters. The fourth-order valence-electron chi connectivity index (χ4n) is 1.68. The fraction of sp³-hybridized carbons (Fsp3) is 0.429. The fourth-order valence-corrected chi connectivity index (χ4v) is 1.68. The number of carbonyl (C=O) groups excluding carboxylic acids is 1. The zero-order valence-corrected chi connectivity index (χ0v) is 11.5. The van der Waals surface area contributed by atoms with Crippen molar-refractivity contribution in [2.24, 2.45) is 0 Å². The number of aliphatic carboxylic acids is 1. The van der Waals surface area contributed by atoms with Gasteiger partial charge in [0.25, 0.3) is 0 Å². The van der Waals surface area contributed by atoms with E-state index >= 15 is 0 Å². The van der Waals surface area contributed by atoms with Crippen molar-refractivity contribution in [2.75, 3.05) is 19.8 Å². The monoisotopic (exact) mass is 280 g/mol. The van der Waals surface area contributed by atoms with Gasteiger partial charge in [-0.3, -0.25) is 4.79 Å². The highest BCUT2D eigenvalue weighted by atomic mass is 16.5. The van der Waals surface area contributed by atoms with E-state index in [1.807, 2.05) is 13.0 Å². The van der Waals surface area contributed by atoms with Gasteiger partial charge in [0.2, 0.25) is 0 Å². The predicted octanol–water partition coefficient (Wildman–Crippen LogP) is 1.15. The Bertz CT molecular complexity index is 449. The summed E-state index contributed by atoms with van der Waals surface area (Å²) in [5.41, 5.74) is 1.50. The first-order valence-corrected chi connectivity index (χ1v) is 6.51. The molecule has 6 heteroatoms. The van der Waals surface area contributed by atoms with E-state index in [2.05, 4.69) is 10.6 Å². The lowest BCUT2D eigenvalue weighted by Gasteiger charge is -2.10. The van der Waals surface area contributed by atoms with Crippen LogP contribution in [0.4, 0.5) is 4.79 Å². The number of rotatable bonds is 8. The molecule has 2 amide bonds. The molecular formula is C14H20N2O4. The van der Waals surface area contributed by atoms with Crippen LogP contribution in [0.2, 0.25) is 0 Å². The van der Waals surface area contributed by atoms with E-state index in [1.54, 1.807) is 18.2 Å². The third-order valence-electron chi connectivity index (χ3n) is 2.64. The zero-order chi connectivity index (χ0) is 14.8. The molecule has 1 aromatic carbocycles. The van der Waals surface area contributed by atoms with E-state index in [0.717, 1.165) is 5.56 Å². The molecule has 0 aliphatic heterocycles. The van der Waals surface area contributed by atoms with E-state index in [-0.39, 0.29) is 12.5 Å². The highest BCUT2D eigenvalue weighted by molar-refractivity contribution is 5.74. The topological polar surface area (TPSA) is 87.7 Å². The number of carbonyl (C=O) groups is 2. The molecule has 0 aliphatic carbocycles. The third kappa shape index (κ3) is 6.19. The molecule has 0 fully saturated rings. The molecule has 0 aliphatic rings. The maximum atomic E-state index is 11.5. The largest absolute Gasteiger partial charge is 0.481 e. The van der Waals surface area contributed by atoms with Gasteiger partial charge in [-0.15, -0.1) is 0 Å². The number of hydrogen-bond donors (Lipinski definition) is 3. The van der Waals surface area contributed by atoms with Crippen molar-refractivity contribution >= 4 is 12.0 Å². The first-order valence-electron chi connectivity index (χ1n) is 6.51. The Hall–Kier alpha value is -2.08. The quantitative estimate of drug-likeness (QED) is 0.623. The van der Waals surface area contributed by atoms with Crippen LogP contribution in [0, 0.1) is 0 Å². The van der Waals surface area contributed by atoms with Crippen LogP contribution in [-0.4, -0.2) is 36.9 Å². The minimum Gasteiger partial charge on any atom is -0.481 e. The summed E-state index contributed by atoms with van der Waals surface area (Å²) < 4.78 is 5.10. The van der Waals surface area contributed by atoms with E-state index in [0.29, 0.717) is 31.9 Å². The lowest BCUT2D eigenvalue weighted by Crippen LogP contribution is -2.37. The molecule has 0 saturated heterocycles.